The summed E-state index contributed by atoms with van der Waals surface area (Å²) >= 11 is 1.52. The summed E-state index contributed by atoms with van der Waals surface area (Å²) in [5.74, 6) is -7.49. The second kappa shape index (κ2) is 8.90. The van der Waals surface area contributed by atoms with Crippen molar-refractivity contribution >= 4 is 23.1 Å². The Morgan fingerprint density at radius 2 is 1.50 bits per heavy atom. The van der Waals surface area contributed by atoms with Crippen LogP contribution in [0, 0.1) is 11.6 Å². The van der Waals surface area contributed by atoms with Crippen LogP contribution in [0.3, 0.4) is 0 Å². The van der Waals surface area contributed by atoms with Crippen molar-refractivity contribution in [3.8, 4) is 11.1 Å². The second-order valence-electron chi connectivity index (χ2n) is 7.47. The van der Waals surface area contributed by atoms with Gasteiger partial charge >= 0.3 is 12.1 Å². The minimum Gasteiger partial charge on any atom is -0.265 e. The third kappa shape index (κ3) is 4.34. The lowest BCUT2D eigenvalue weighted by Gasteiger charge is -2.39. The molecule has 1 aliphatic heterocycles. The predicted molar refractivity (Wildman–Crippen MR) is 119 cm³/mol. The zero-order chi connectivity index (χ0) is 24.7. The lowest BCUT2D eigenvalue weighted by molar-refractivity contribution is -0.285. The lowest BCUT2D eigenvalue weighted by Crippen LogP contribution is -2.56. The Hall–Kier alpha value is -3.14. The molecule has 3 aromatic carbocycles. The van der Waals surface area contributed by atoms with Crippen LogP contribution in [0.5, 0.6) is 0 Å². The molecule has 0 amide bonds. The topological polar surface area (TPSA) is 6.48 Å². The lowest BCUT2D eigenvalue weighted by atomic mass is 10.1. The molecule has 34 heavy (non-hydrogen) atoms. The summed E-state index contributed by atoms with van der Waals surface area (Å²) in [6.07, 6.45) is -2.32. The molecule has 0 saturated heterocycles. The molecule has 0 bridgehead atoms. The molecule has 3 aromatic rings. The fraction of sp³-hybridized carbons (Fsp3) is 0.167. The number of halogens is 7. The van der Waals surface area contributed by atoms with Gasteiger partial charge in [-0.05, 0) is 59.9 Å². The molecule has 4 rings (SSSR count). The van der Waals surface area contributed by atoms with E-state index >= 15 is 0 Å². The number of hydrogen-bond acceptors (Lipinski definition) is 3. The van der Waals surface area contributed by atoms with E-state index in [-0.39, 0.29) is 5.69 Å². The van der Waals surface area contributed by atoms with Crippen LogP contribution in [0.15, 0.2) is 83.9 Å². The van der Waals surface area contributed by atoms with Gasteiger partial charge in [0.25, 0.3) is 0 Å². The van der Waals surface area contributed by atoms with Gasteiger partial charge in [-0.3, -0.25) is 10.0 Å². The van der Waals surface area contributed by atoms with E-state index in [0.29, 0.717) is 22.7 Å². The molecule has 10 heteroatoms. The zero-order valence-corrected chi connectivity index (χ0v) is 18.3. The van der Waals surface area contributed by atoms with Gasteiger partial charge in [0.1, 0.15) is 11.9 Å². The Morgan fingerprint density at radius 3 is 2.15 bits per heavy atom. The van der Waals surface area contributed by atoms with Crippen LogP contribution in [-0.4, -0.2) is 24.4 Å². The van der Waals surface area contributed by atoms with Crippen molar-refractivity contribution in [1.29, 1.82) is 0 Å². The average molecular weight is 498 g/mol. The highest BCUT2D eigenvalue weighted by Crippen LogP contribution is 2.45. The molecule has 0 spiro atoms. The number of nitrogens with zero attached hydrogens (tertiary/aromatic N) is 2. The molecule has 1 heterocycles. The van der Waals surface area contributed by atoms with E-state index in [1.54, 1.807) is 18.2 Å². The van der Waals surface area contributed by atoms with Gasteiger partial charge in [0.15, 0.2) is 5.82 Å². The summed E-state index contributed by atoms with van der Waals surface area (Å²) in [5, 5.41) is 1.49. The Morgan fingerprint density at radius 1 is 0.824 bits per heavy atom. The van der Waals surface area contributed by atoms with Crippen molar-refractivity contribution in [2.75, 3.05) is 16.3 Å². The number of benzene rings is 3. The van der Waals surface area contributed by atoms with Crippen molar-refractivity contribution in [3.63, 3.8) is 0 Å². The molecule has 1 aliphatic rings. The van der Waals surface area contributed by atoms with E-state index in [0.717, 1.165) is 33.8 Å². The van der Waals surface area contributed by atoms with Gasteiger partial charge in [-0.1, -0.05) is 24.3 Å². The molecule has 0 fully saturated rings. The van der Waals surface area contributed by atoms with E-state index < -0.39 is 35.5 Å². The molecular weight excluding hydrogens is 481 g/mol. The first-order valence-corrected chi connectivity index (χ1v) is 11.2. The van der Waals surface area contributed by atoms with Crippen LogP contribution in [0.25, 0.3) is 11.1 Å². The third-order valence-electron chi connectivity index (χ3n) is 5.32. The first-order chi connectivity index (χ1) is 16.0. The number of rotatable bonds is 5. The quantitative estimate of drug-likeness (QED) is 0.263. The van der Waals surface area contributed by atoms with Crippen molar-refractivity contribution in [2.24, 2.45) is 0 Å². The molecule has 1 atom stereocenters. The predicted octanol–water partition coefficient (Wildman–Crippen LogP) is 7.68. The Bertz CT molecular complexity index is 1230. The SMILES string of the molecule is CSc1cccc(-c2cccc(N3C=CC(C(F)(F)C(F)(F)F)N3c3ccc(F)cc3F)c2)c1. The zero-order valence-electron chi connectivity index (χ0n) is 17.5. The maximum absolute atomic E-state index is 14.6. The summed E-state index contributed by atoms with van der Waals surface area (Å²) < 4.78 is 96.7. The Labute approximate surface area is 195 Å². The largest absolute Gasteiger partial charge is 0.455 e. The van der Waals surface area contributed by atoms with Crippen molar-refractivity contribution < 1.29 is 30.7 Å². The first-order valence-electron chi connectivity index (χ1n) is 9.93. The van der Waals surface area contributed by atoms with Gasteiger partial charge in [-0.15, -0.1) is 11.8 Å². The summed E-state index contributed by atoms with van der Waals surface area (Å²) in [6, 6.07) is 13.4. The highest BCUT2D eigenvalue weighted by Gasteiger charge is 2.65. The summed E-state index contributed by atoms with van der Waals surface area (Å²) in [7, 11) is 0. The summed E-state index contributed by atoms with van der Waals surface area (Å²) in [6.45, 7) is 0. The van der Waals surface area contributed by atoms with Gasteiger partial charge in [0.2, 0.25) is 0 Å². The highest BCUT2D eigenvalue weighted by atomic mass is 32.2. The van der Waals surface area contributed by atoms with Gasteiger partial charge in [-0.25, -0.2) is 8.78 Å². The maximum Gasteiger partial charge on any atom is 0.455 e. The van der Waals surface area contributed by atoms with E-state index in [9.17, 15) is 30.7 Å². The number of alkyl halides is 5. The summed E-state index contributed by atoms with van der Waals surface area (Å²) in [5.41, 5.74) is 1.06. The average Bonchev–Trinajstić information content (AvgIpc) is 3.24. The molecule has 178 valence electrons. The standard InChI is InChI=1S/C24H17F7N2S/c1-34-19-7-3-5-16(13-19)15-4-2-6-18(12-15)32-11-10-22(23(27,28)24(29,30)31)33(32)21-9-8-17(25)14-20(21)26/h2-14,22H,1H3. The minimum atomic E-state index is -5.90. The molecule has 1 unspecified atom stereocenters. The van der Waals surface area contributed by atoms with E-state index in [1.807, 2.05) is 30.5 Å². The van der Waals surface area contributed by atoms with Crippen LogP contribution >= 0.6 is 11.8 Å². The molecule has 0 aliphatic carbocycles. The molecule has 0 N–H and O–H groups in total. The van der Waals surface area contributed by atoms with Gasteiger partial charge in [0.05, 0.1) is 11.4 Å². The fourth-order valence-corrected chi connectivity index (χ4v) is 4.13. The monoisotopic (exact) mass is 498 g/mol. The molecular formula is C24H17F7N2S. The third-order valence-corrected chi connectivity index (χ3v) is 6.05. The minimum absolute atomic E-state index is 0.215. The second-order valence-corrected chi connectivity index (χ2v) is 8.35. The Kier molecular flexibility index (Phi) is 6.28. The van der Waals surface area contributed by atoms with E-state index in [1.165, 1.54) is 17.8 Å². The molecule has 0 saturated carbocycles. The van der Waals surface area contributed by atoms with Gasteiger partial charge in [-0.2, -0.15) is 22.0 Å². The van der Waals surface area contributed by atoms with E-state index in [2.05, 4.69) is 0 Å². The molecule has 0 radical (unpaired) electrons. The first kappa shape index (κ1) is 24.0. The van der Waals surface area contributed by atoms with Crippen LogP contribution in [0.4, 0.5) is 42.1 Å². The number of anilines is 2. The molecule has 0 aromatic heterocycles. The number of thioether (sulfide) groups is 1. The van der Waals surface area contributed by atoms with Crippen LogP contribution in [0.1, 0.15) is 0 Å². The number of hydrogen-bond donors (Lipinski definition) is 0. The van der Waals surface area contributed by atoms with Crippen LogP contribution in [0.2, 0.25) is 0 Å². The molecule has 2 nitrogen and oxygen atoms in total. The van der Waals surface area contributed by atoms with Crippen molar-refractivity contribution in [1.82, 2.24) is 0 Å². The maximum atomic E-state index is 14.6. The van der Waals surface area contributed by atoms with Crippen molar-refractivity contribution in [3.05, 3.63) is 90.6 Å². The van der Waals surface area contributed by atoms with Gasteiger partial charge < -0.3 is 0 Å². The van der Waals surface area contributed by atoms with Gasteiger partial charge in [0, 0.05) is 17.2 Å². The highest BCUT2D eigenvalue weighted by molar-refractivity contribution is 7.98. The smallest absolute Gasteiger partial charge is 0.265 e. The Balaban J connectivity index is 1.81. The van der Waals surface area contributed by atoms with Crippen LogP contribution in [-0.2, 0) is 0 Å². The van der Waals surface area contributed by atoms with E-state index in [4.69, 9.17) is 0 Å². The van der Waals surface area contributed by atoms with Crippen molar-refractivity contribution in [2.45, 2.75) is 23.0 Å². The normalized spacial score (nSPS) is 16.4. The number of hydrazine groups is 1. The summed E-state index contributed by atoms with van der Waals surface area (Å²) in [4.78, 5) is 0.976. The van der Waals surface area contributed by atoms with Crippen LogP contribution < -0.4 is 10.0 Å². The fourth-order valence-electron chi connectivity index (χ4n) is 3.67.